The van der Waals surface area contributed by atoms with Gasteiger partial charge in [-0.1, -0.05) is 26.0 Å². The molecule has 2 aromatic rings. The Bertz CT molecular complexity index is 602. The van der Waals surface area contributed by atoms with E-state index in [1.807, 2.05) is 32.9 Å². The van der Waals surface area contributed by atoms with Crippen LogP contribution in [0.5, 0.6) is 0 Å². The second kappa shape index (κ2) is 6.57. The highest BCUT2D eigenvalue weighted by Gasteiger charge is 2.22. The number of amides is 2. The van der Waals surface area contributed by atoms with E-state index in [0.29, 0.717) is 5.69 Å². The van der Waals surface area contributed by atoms with E-state index in [1.54, 1.807) is 29.2 Å². The zero-order valence-electron chi connectivity index (χ0n) is 12.9. The van der Waals surface area contributed by atoms with E-state index in [0.717, 1.165) is 5.69 Å². The normalized spacial score (nSPS) is 12.7. The van der Waals surface area contributed by atoms with Gasteiger partial charge in [-0.3, -0.25) is 0 Å². The molecule has 0 bridgehead atoms. The summed E-state index contributed by atoms with van der Waals surface area (Å²) in [7, 11) is 0. The molecule has 2 rings (SSSR count). The quantitative estimate of drug-likeness (QED) is 0.803. The summed E-state index contributed by atoms with van der Waals surface area (Å²) < 4.78 is 1.63. The summed E-state index contributed by atoms with van der Waals surface area (Å²) in [6.07, 6.45) is 2.73. The predicted octanol–water partition coefficient (Wildman–Crippen LogP) is 1.80. The maximum absolute atomic E-state index is 11.8. The largest absolute Gasteiger partial charge is 0.391 e. The molecule has 3 N–H and O–H groups in total. The molecule has 1 aromatic carbocycles. The van der Waals surface area contributed by atoms with Crippen molar-refractivity contribution < 1.29 is 9.90 Å². The highest BCUT2D eigenvalue weighted by Crippen LogP contribution is 2.18. The van der Waals surface area contributed by atoms with Crippen LogP contribution in [-0.2, 0) is 0 Å². The Morgan fingerprint density at radius 1 is 1.32 bits per heavy atom. The van der Waals surface area contributed by atoms with Crippen LogP contribution in [0.1, 0.15) is 20.8 Å². The lowest BCUT2D eigenvalue weighted by atomic mass is 9.89. The molecular formula is C15H21N5O2. The average Bonchev–Trinajstić information content (AvgIpc) is 2.98. The molecule has 0 aliphatic carbocycles. The van der Waals surface area contributed by atoms with Gasteiger partial charge < -0.3 is 15.7 Å². The van der Waals surface area contributed by atoms with E-state index >= 15 is 0 Å². The fraction of sp³-hybridized carbons (Fsp3) is 0.400. The average molecular weight is 303 g/mol. The third-order valence-corrected chi connectivity index (χ3v) is 3.27. The van der Waals surface area contributed by atoms with Crippen molar-refractivity contribution in [3.63, 3.8) is 0 Å². The summed E-state index contributed by atoms with van der Waals surface area (Å²) in [6.45, 7) is 5.95. The van der Waals surface area contributed by atoms with Gasteiger partial charge in [0.05, 0.1) is 24.2 Å². The van der Waals surface area contributed by atoms with E-state index in [9.17, 15) is 9.90 Å². The second-order valence-electron chi connectivity index (χ2n) is 6.11. The minimum atomic E-state index is -0.604. The lowest BCUT2D eigenvalue weighted by molar-refractivity contribution is 0.0654. The third kappa shape index (κ3) is 4.29. The van der Waals surface area contributed by atoms with Crippen LogP contribution in [0.15, 0.2) is 36.7 Å². The molecule has 7 nitrogen and oxygen atoms in total. The van der Waals surface area contributed by atoms with Gasteiger partial charge in [0.15, 0.2) is 0 Å². The molecule has 0 radical (unpaired) electrons. The molecule has 0 saturated heterocycles. The maximum Gasteiger partial charge on any atom is 0.319 e. The molecule has 22 heavy (non-hydrogen) atoms. The van der Waals surface area contributed by atoms with Crippen LogP contribution in [0.4, 0.5) is 10.5 Å². The fourth-order valence-electron chi connectivity index (χ4n) is 1.71. The van der Waals surface area contributed by atoms with Crippen molar-refractivity contribution in [3.8, 4) is 5.69 Å². The molecule has 7 heteroatoms. The number of hydrogen-bond donors (Lipinski definition) is 3. The lowest BCUT2D eigenvalue weighted by Crippen LogP contribution is -2.40. The second-order valence-corrected chi connectivity index (χ2v) is 6.11. The topological polar surface area (TPSA) is 92.1 Å². The summed E-state index contributed by atoms with van der Waals surface area (Å²) in [6, 6.07) is 6.85. The minimum absolute atomic E-state index is 0.201. The van der Waals surface area contributed by atoms with Gasteiger partial charge in [0, 0.05) is 12.2 Å². The Hall–Kier alpha value is -2.41. The van der Waals surface area contributed by atoms with Crippen LogP contribution in [0, 0.1) is 5.41 Å². The number of carbonyl (C=O) groups excluding carboxylic acids is 1. The molecule has 1 unspecified atom stereocenters. The van der Waals surface area contributed by atoms with Crippen LogP contribution in [-0.4, -0.2) is 38.8 Å². The third-order valence-electron chi connectivity index (χ3n) is 3.27. The number of anilines is 1. The van der Waals surface area contributed by atoms with Crippen molar-refractivity contribution in [2.75, 3.05) is 11.9 Å². The smallest absolute Gasteiger partial charge is 0.319 e. The lowest BCUT2D eigenvalue weighted by Gasteiger charge is -2.25. The first-order valence-electron chi connectivity index (χ1n) is 7.06. The number of benzene rings is 1. The Morgan fingerprint density at radius 3 is 2.55 bits per heavy atom. The van der Waals surface area contributed by atoms with Crippen molar-refractivity contribution in [1.29, 1.82) is 0 Å². The number of aliphatic hydroxyl groups is 1. The van der Waals surface area contributed by atoms with Crippen LogP contribution >= 0.6 is 0 Å². The van der Waals surface area contributed by atoms with E-state index < -0.39 is 6.10 Å². The summed E-state index contributed by atoms with van der Waals surface area (Å²) >= 11 is 0. The zero-order chi connectivity index (χ0) is 16.2. The highest BCUT2D eigenvalue weighted by molar-refractivity contribution is 5.89. The first kappa shape index (κ1) is 16.0. The Labute approximate surface area is 129 Å². The predicted molar refractivity (Wildman–Crippen MR) is 83.8 cm³/mol. The summed E-state index contributed by atoms with van der Waals surface area (Å²) in [5.74, 6) is 0. The number of hydrogen-bond acceptors (Lipinski definition) is 4. The zero-order valence-corrected chi connectivity index (χ0v) is 12.9. The fourth-order valence-corrected chi connectivity index (χ4v) is 1.71. The molecule has 2 amide bonds. The van der Waals surface area contributed by atoms with Crippen LogP contribution in [0.25, 0.3) is 5.69 Å². The minimum Gasteiger partial charge on any atom is -0.391 e. The monoisotopic (exact) mass is 303 g/mol. The van der Waals surface area contributed by atoms with Crippen molar-refractivity contribution in [3.05, 3.63) is 36.7 Å². The SMILES string of the molecule is CC(C)(C)C(O)CNC(=O)Nc1ccc(-n2ccnn2)cc1. The molecule has 1 aromatic heterocycles. The molecule has 0 aliphatic heterocycles. The van der Waals surface area contributed by atoms with Crippen molar-refractivity contribution >= 4 is 11.7 Å². The van der Waals surface area contributed by atoms with Crippen LogP contribution in [0.3, 0.4) is 0 Å². The standard InChI is InChI=1S/C15H21N5O2/c1-15(2,3)13(21)10-16-14(22)18-11-4-6-12(7-5-11)20-9-8-17-19-20/h4-9,13,21H,10H2,1-3H3,(H2,16,18,22). The van der Waals surface area contributed by atoms with E-state index in [1.165, 1.54) is 0 Å². The molecule has 0 saturated carbocycles. The van der Waals surface area contributed by atoms with Gasteiger partial charge in [0.2, 0.25) is 0 Å². The number of carbonyl (C=O) groups is 1. The number of aromatic nitrogens is 3. The number of aliphatic hydroxyl groups excluding tert-OH is 1. The first-order chi connectivity index (χ1) is 10.4. The summed E-state index contributed by atoms with van der Waals surface area (Å²) in [5.41, 5.74) is 1.24. The first-order valence-corrected chi connectivity index (χ1v) is 7.06. The maximum atomic E-state index is 11.8. The Kier molecular flexibility index (Phi) is 4.77. The van der Waals surface area contributed by atoms with Gasteiger partial charge in [0.25, 0.3) is 0 Å². The van der Waals surface area contributed by atoms with Crippen molar-refractivity contribution in [1.82, 2.24) is 20.3 Å². The van der Waals surface area contributed by atoms with Gasteiger partial charge in [-0.15, -0.1) is 5.10 Å². The van der Waals surface area contributed by atoms with E-state index in [-0.39, 0.29) is 18.0 Å². The highest BCUT2D eigenvalue weighted by atomic mass is 16.3. The Morgan fingerprint density at radius 2 is 2.00 bits per heavy atom. The van der Waals surface area contributed by atoms with Gasteiger partial charge in [-0.05, 0) is 29.7 Å². The molecule has 118 valence electrons. The van der Waals surface area contributed by atoms with Gasteiger partial charge in [-0.25, -0.2) is 9.48 Å². The summed E-state index contributed by atoms with van der Waals surface area (Å²) in [5, 5.41) is 22.9. The van der Waals surface area contributed by atoms with E-state index in [2.05, 4.69) is 20.9 Å². The molecule has 0 aliphatic rings. The number of urea groups is 1. The van der Waals surface area contributed by atoms with Crippen molar-refractivity contribution in [2.24, 2.45) is 5.41 Å². The van der Waals surface area contributed by atoms with Gasteiger partial charge in [0.1, 0.15) is 0 Å². The molecule has 1 atom stereocenters. The van der Waals surface area contributed by atoms with Crippen molar-refractivity contribution in [2.45, 2.75) is 26.9 Å². The molecule has 1 heterocycles. The van der Waals surface area contributed by atoms with Gasteiger partial charge >= 0.3 is 6.03 Å². The van der Waals surface area contributed by atoms with Crippen LogP contribution < -0.4 is 10.6 Å². The molecule has 0 spiro atoms. The number of nitrogens with one attached hydrogen (secondary N) is 2. The van der Waals surface area contributed by atoms with Crippen LogP contribution in [0.2, 0.25) is 0 Å². The summed E-state index contributed by atoms with van der Waals surface area (Å²) in [4.78, 5) is 11.8. The molecular weight excluding hydrogens is 282 g/mol. The van der Waals surface area contributed by atoms with Gasteiger partial charge in [-0.2, -0.15) is 0 Å². The van der Waals surface area contributed by atoms with E-state index in [4.69, 9.17) is 0 Å². The molecule has 0 fully saturated rings. The Balaban J connectivity index is 1.87. The number of rotatable bonds is 4. The number of nitrogens with zero attached hydrogens (tertiary/aromatic N) is 3.